The molecule has 176 valence electrons. The van der Waals surface area contributed by atoms with Gasteiger partial charge in [0, 0.05) is 30.7 Å². The molecule has 1 saturated heterocycles. The number of ether oxygens (including phenoxy) is 3. The van der Waals surface area contributed by atoms with Gasteiger partial charge < -0.3 is 23.5 Å². The second kappa shape index (κ2) is 11.7. The van der Waals surface area contributed by atoms with Crippen molar-refractivity contribution in [3.63, 3.8) is 0 Å². The van der Waals surface area contributed by atoms with Crippen LogP contribution in [-0.4, -0.2) is 41.6 Å². The van der Waals surface area contributed by atoms with E-state index in [9.17, 15) is 4.79 Å². The van der Waals surface area contributed by atoms with Crippen molar-refractivity contribution in [3.05, 3.63) is 36.8 Å². The molecule has 2 aromatic rings. The van der Waals surface area contributed by atoms with E-state index in [2.05, 4.69) is 54.1 Å². The van der Waals surface area contributed by atoms with Crippen LogP contribution in [0.5, 0.6) is 5.75 Å². The molecule has 0 aliphatic carbocycles. The molecule has 8 heteroatoms. The molecule has 0 spiro atoms. The zero-order valence-electron chi connectivity index (χ0n) is 19.4. The lowest BCUT2D eigenvalue weighted by molar-refractivity contribution is -0.250. The predicted octanol–water partition coefficient (Wildman–Crippen LogP) is 4.34. The molecule has 0 saturated carbocycles. The lowest BCUT2D eigenvalue weighted by atomic mass is 9.79. The normalized spacial score (nSPS) is 25.5. The number of nitrogens with one attached hydrogen (secondary N) is 1. The Balaban J connectivity index is 1.58. The van der Waals surface area contributed by atoms with Gasteiger partial charge >= 0.3 is 0 Å². The number of carbonyl (C=O) groups excluding carboxylic acids is 1. The van der Waals surface area contributed by atoms with Gasteiger partial charge in [-0.15, -0.1) is 0 Å². The first-order chi connectivity index (χ1) is 15.4. The van der Waals surface area contributed by atoms with Crippen molar-refractivity contribution in [2.24, 2.45) is 17.8 Å². The van der Waals surface area contributed by atoms with Gasteiger partial charge in [-0.2, -0.15) is 0 Å². The Morgan fingerprint density at radius 3 is 2.78 bits per heavy atom. The highest BCUT2D eigenvalue weighted by molar-refractivity contribution is 7.78. The van der Waals surface area contributed by atoms with E-state index in [0.717, 1.165) is 36.4 Å². The van der Waals surface area contributed by atoms with E-state index in [0.29, 0.717) is 30.8 Å². The van der Waals surface area contributed by atoms with Crippen molar-refractivity contribution in [2.75, 3.05) is 13.7 Å². The molecule has 1 N–H and O–H groups in total. The number of hydrogen-bond acceptors (Lipinski definition) is 6. The molecule has 32 heavy (non-hydrogen) atoms. The molecular formula is C24H35N3O4S. The number of methoxy groups -OCH3 is 1. The molecule has 5 unspecified atom stereocenters. The lowest BCUT2D eigenvalue weighted by Crippen LogP contribution is -2.47. The van der Waals surface area contributed by atoms with E-state index < -0.39 is 0 Å². The van der Waals surface area contributed by atoms with Crippen LogP contribution in [0.3, 0.4) is 0 Å². The van der Waals surface area contributed by atoms with Crippen molar-refractivity contribution >= 4 is 18.7 Å². The van der Waals surface area contributed by atoms with E-state index in [1.165, 1.54) is 0 Å². The van der Waals surface area contributed by atoms with Gasteiger partial charge in [0.2, 0.25) is 5.91 Å². The maximum atomic E-state index is 11.3. The van der Waals surface area contributed by atoms with Gasteiger partial charge in [0.25, 0.3) is 0 Å². The molecule has 0 bridgehead atoms. The Morgan fingerprint density at radius 1 is 1.22 bits per heavy atom. The van der Waals surface area contributed by atoms with Crippen LogP contribution in [0.4, 0.5) is 0 Å². The summed E-state index contributed by atoms with van der Waals surface area (Å²) in [6.07, 6.45) is 5.74. The zero-order chi connectivity index (χ0) is 23.1. The number of hydrogen-bond donors (Lipinski definition) is 2. The quantitative estimate of drug-likeness (QED) is 0.407. The first-order valence-electron chi connectivity index (χ1n) is 11.3. The molecule has 3 rings (SSSR count). The molecular weight excluding hydrogens is 426 g/mol. The van der Waals surface area contributed by atoms with Crippen molar-refractivity contribution in [1.29, 1.82) is 0 Å². The van der Waals surface area contributed by atoms with Crippen molar-refractivity contribution < 1.29 is 19.0 Å². The van der Waals surface area contributed by atoms with Gasteiger partial charge in [0.1, 0.15) is 5.75 Å². The monoisotopic (exact) mass is 461 g/mol. The highest BCUT2D eigenvalue weighted by atomic mass is 32.1. The largest absolute Gasteiger partial charge is 0.497 e. The van der Waals surface area contributed by atoms with E-state index in [1.54, 1.807) is 7.11 Å². The van der Waals surface area contributed by atoms with Crippen LogP contribution < -0.4 is 9.46 Å². The average molecular weight is 462 g/mol. The molecule has 1 amide bonds. The van der Waals surface area contributed by atoms with Crippen LogP contribution in [0.25, 0.3) is 11.3 Å². The highest BCUT2D eigenvalue weighted by Gasteiger charge is 2.39. The molecule has 0 radical (unpaired) electrons. The Bertz CT molecular complexity index is 874. The molecule has 5 atom stereocenters. The smallest absolute Gasteiger partial charge is 0.229 e. The van der Waals surface area contributed by atoms with Crippen LogP contribution in [-0.2, 0) is 20.8 Å². The van der Waals surface area contributed by atoms with E-state index in [-0.39, 0.29) is 18.3 Å². The van der Waals surface area contributed by atoms with E-state index >= 15 is 0 Å². The Kier molecular flexibility index (Phi) is 9.02. The number of amides is 1. The van der Waals surface area contributed by atoms with Crippen molar-refractivity contribution in [2.45, 2.75) is 59.0 Å². The zero-order valence-corrected chi connectivity index (χ0v) is 20.3. The Morgan fingerprint density at radius 2 is 2.03 bits per heavy atom. The minimum atomic E-state index is -0.244. The standard InChI is InChI=1S/C24H35N3O4S/c1-16-17(2)22(31-24(18(16)3)30-11-6-5-10-23(28)26-32)14-27-13-21(25-15-27)19-8-7-9-20(12-19)29-4/h7-9,12-13,15-18,22,24,32H,5-6,10-11,14H2,1-4H3,(H,26,28). The van der Waals surface area contributed by atoms with Crippen molar-refractivity contribution in [1.82, 2.24) is 14.3 Å². The summed E-state index contributed by atoms with van der Waals surface area (Å²) in [5, 5.41) is 0. The third-order valence-electron chi connectivity index (χ3n) is 6.58. The fourth-order valence-electron chi connectivity index (χ4n) is 4.13. The summed E-state index contributed by atoms with van der Waals surface area (Å²) in [7, 11) is 1.67. The Hall–Kier alpha value is -2.03. The summed E-state index contributed by atoms with van der Waals surface area (Å²) in [5.74, 6) is 1.92. The minimum absolute atomic E-state index is 0.0357. The second-order valence-corrected chi connectivity index (χ2v) is 8.89. The van der Waals surface area contributed by atoms with Gasteiger partial charge in [0.15, 0.2) is 6.29 Å². The molecule has 1 fully saturated rings. The van der Waals surface area contributed by atoms with Gasteiger partial charge in [0.05, 0.1) is 31.8 Å². The summed E-state index contributed by atoms with van der Waals surface area (Å²) in [6, 6.07) is 7.91. The SMILES string of the molecule is COc1cccc(-c2cn(CC3OC(OCCCCC(=O)NS)C(C)C(C)C3C)cn2)c1. The highest BCUT2D eigenvalue weighted by Crippen LogP contribution is 2.36. The van der Waals surface area contributed by atoms with Gasteiger partial charge in [-0.1, -0.05) is 45.7 Å². The number of benzene rings is 1. The number of rotatable bonds is 10. The Labute approximate surface area is 196 Å². The maximum absolute atomic E-state index is 11.3. The fraction of sp³-hybridized carbons (Fsp3) is 0.583. The number of unbranched alkanes of at least 4 members (excludes halogenated alkanes) is 1. The van der Waals surface area contributed by atoms with Gasteiger partial charge in [-0.05, 0) is 36.8 Å². The number of carbonyl (C=O) groups is 1. The van der Waals surface area contributed by atoms with Gasteiger partial charge in [-0.3, -0.25) is 4.79 Å². The molecule has 1 aliphatic rings. The summed E-state index contributed by atoms with van der Waals surface area (Å²) in [6.45, 7) is 8.01. The summed E-state index contributed by atoms with van der Waals surface area (Å²) < 4.78 is 22.2. The molecule has 1 aliphatic heterocycles. The first-order valence-corrected chi connectivity index (χ1v) is 11.7. The van der Waals surface area contributed by atoms with Crippen LogP contribution >= 0.6 is 12.8 Å². The molecule has 7 nitrogen and oxygen atoms in total. The molecule has 2 heterocycles. The third-order valence-corrected chi connectivity index (χ3v) is 6.83. The van der Waals surface area contributed by atoms with Crippen LogP contribution in [0.2, 0.25) is 0 Å². The summed E-state index contributed by atoms with van der Waals surface area (Å²) >= 11 is 3.77. The number of imidazole rings is 1. The number of thiol groups is 1. The maximum Gasteiger partial charge on any atom is 0.229 e. The summed E-state index contributed by atoms with van der Waals surface area (Å²) in [4.78, 5) is 15.9. The molecule has 1 aromatic carbocycles. The van der Waals surface area contributed by atoms with Crippen LogP contribution in [0.15, 0.2) is 36.8 Å². The van der Waals surface area contributed by atoms with Crippen LogP contribution in [0.1, 0.15) is 40.0 Å². The topological polar surface area (TPSA) is 74.6 Å². The molecule has 1 aromatic heterocycles. The minimum Gasteiger partial charge on any atom is -0.497 e. The van der Waals surface area contributed by atoms with Gasteiger partial charge in [-0.25, -0.2) is 4.98 Å². The lowest BCUT2D eigenvalue weighted by Gasteiger charge is -2.43. The number of nitrogens with zero attached hydrogens (tertiary/aromatic N) is 2. The average Bonchev–Trinajstić information content (AvgIpc) is 3.28. The van der Waals surface area contributed by atoms with E-state index in [4.69, 9.17) is 14.2 Å². The third kappa shape index (κ3) is 6.27. The van der Waals surface area contributed by atoms with Crippen molar-refractivity contribution in [3.8, 4) is 17.0 Å². The second-order valence-electron chi connectivity index (χ2n) is 8.67. The summed E-state index contributed by atoms with van der Waals surface area (Å²) in [5.41, 5.74) is 1.93. The van der Waals surface area contributed by atoms with E-state index in [1.807, 2.05) is 30.6 Å². The first kappa shape index (κ1) is 24.6. The fourth-order valence-corrected chi connectivity index (χ4v) is 4.24. The predicted molar refractivity (Wildman–Crippen MR) is 127 cm³/mol. The van der Waals surface area contributed by atoms with Crippen LogP contribution in [0, 0.1) is 17.8 Å². The number of aromatic nitrogens is 2.